The quantitative estimate of drug-likeness (QED) is 0.373. The minimum atomic E-state index is -1.23. The predicted molar refractivity (Wildman–Crippen MR) is 110 cm³/mol. The van der Waals surface area contributed by atoms with Crippen molar-refractivity contribution in [2.24, 2.45) is 0 Å². The molecule has 0 bridgehead atoms. The Kier molecular flexibility index (Phi) is 5.68. The fraction of sp³-hybridized carbons (Fsp3) is 0.368. The van der Waals surface area contributed by atoms with Gasteiger partial charge in [-0.2, -0.15) is 0 Å². The standard InChI is InChI=1S/C19H20BrN3O5S/c1-5-28-16(25)15-9(2)14(10(3)21-15)11(24)8-23-17(26)19(4,22-18(23)27)12-6-7-13(20)29-12/h6-7,21H,5,8H2,1-4H3,(H,22,27). The second-order valence-corrected chi connectivity index (χ2v) is 9.28. The molecule has 29 heavy (non-hydrogen) atoms. The lowest BCUT2D eigenvalue weighted by atomic mass is 10.00. The molecule has 1 fully saturated rings. The first kappa shape index (κ1) is 21.3. The van der Waals surface area contributed by atoms with Crippen LogP contribution in [0.2, 0.25) is 0 Å². The molecular formula is C19H20BrN3O5S. The van der Waals surface area contributed by atoms with Gasteiger partial charge in [-0.15, -0.1) is 11.3 Å². The van der Waals surface area contributed by atoms with Crippen LogP contribution in [0.15, 0.2) is 15.9 Å². The first-order valence-electron chi connectivity index (χ1n) is 8.89. The minimum absolute atomic E-state index is 0.193. The summed E-state index contributed by atoms with van der Waals surface area (Å²) in [4.78, 5) is 54.9. The summed E-state index contributed by atoms with van der Waals surface area (Å²) in [6.07, 6.45) is 0. The van der Waals surface area contributed by atoms with Gasteiger partial charge in [0.15, 0.2) is 11.3 Å². The lowest BCUT2D eigenvalue weighted by Crippen LogP contribution is -2.41. The van der Waals surface area contributed by atoms with Crippen molar-refractivity contribution in [2.75, 3.05) is 13.2 Å². The Morgan fingerprint density at radius 3 is 2.55 bits per heavy atom. The van der Waals surface area contributed by atoms with Crippen LogP contribution in [0, 0.1) is 13.8 Å². The van der Waals surface area contributed by atoms with E-state index in [2.05, 4.69) is 26.2 Å². The number of nitrogens with one attached hydrogen (secondary N) is 2. The molecule has 1 aliphatic heterocycles. The van der Waals surface area contributed by atoms with Gasteiger partial charge in [0.2, 0.25) is 0 Å². The Bertz CT molecular complexity index is 1030. The summed E-state index contributed by atoms with van der Waals surface area (Å²) in [5, 5.41) is 2.68. The Labute approximate surface area is 179 Å². The van der Waals surface area contributed by atoms with E-state index in [1.807, 2.05) is 0 Å². The van der Waals surface area contributed by atoms with E-state index < -0.39 is 35.8 Å². The molecule has 3 rings (SSSR count). The topological polar surface area (TPSA) is 109 Å². The number of rotatable bonds is 6. The average Bonchev–Trinajstić information content (AvgIpc) is 3.27. The molecule has 10 heteroatoms. The summed E-state index contributed by atoms with van der Waals surface area (Å²) in [5.41, 5.74) is 0.154. The number of imide groups is 1. The van der Waals surface area contributed by atoms with Crippen LogP contribution in [-0.4, -0.2) is 46.7 Å². The number of hydrogen-bond donors (Lipinski definition) is 2. The smallest absolute Gasteiger partial charge is 0.355 e. The first-order chi connectivity index (χ1) is 13.6. The molecule has 0 saturated carbocycles. The van der Waals surface area contributed by atoms with Crippen LogP contribution in [0.3, 0.4) is 0 Å². The third-order valence-electron chi connectivity index (χ3n) is 4.84. The van der Waals surface area contributed by atoms with Gasteiger partial charge in [0, 0.05) is 16.1 Å². The van der Waals surface area contributed by atoms with E-state index in [4.69, 9.17) is 4.74 Å². The van der Waals surface area contributed by atoms with Gasteiger partial charge in [-0.25, -0.2) is 9.59 Å². The summed E-state index contributed by atoms with van der Waals surface area (Å²) >= 11 is 4.69. The van der Waals surface area contributed by atoms with Crippen molar-refractivity contribution >= 4 is 51.0 Å². The zero-order valence-corrected chi connectivity index (χ0v) is 18.7. The zero-order valence-electron chi connectivity index (χ0n) is 16.3. The molecule has 0 aliphatic carbocycles. The van der Waals surface area contributed by atoms with Crippen molar-refractivity contribution in [2.45, 2.75) is 33.2 Å². The molecule has 3 amide bonds. The minimum Gasteiger partial charge on any atom is -0.461 e. The third-order valence-corrected chi connectivity index (χ3v) is 6.68. The van der Waals surface area contributed by atoms with Crippen LogP contribution in [0.4, 0.5) is 4.79 Å². The van der Waals surface area contributed by atoms with Gasteiger partial charge in [-0.1, -0.05) is 0 Å². The highest BCUT2D eigenvalue weighted by molar-refractivity contribution is 9.11. The number of hydrogen-bond acceptors (Lipinski definition) is 6. The number of Topliss-reactive ketones (excluding diaryl/α,β-unsaturated/α-hetero) is 1. The number of H-pyrrole nitrogens is 1. The number of aromatic amines is 1. The van der Waals surface area contributed by atoms with Crippen LogP contribution in [0.1, 0.15) is 50.8 Å². The molecule has 1 saturated heterocycles. The number of carbonyl (C=O) groups is 4. The second-order valence-electron chi connectivity index (χ2n) is 6.82. The van der Waals surface area contributed by atoms with Crippen LogP contribution in [-0.2, 0) is 15.1 Å². The van der Waals surface area contributed by atoms with Crippen molar-refractivity contribution in [3.05, 3.63) is 43.3 Å². The number of aryl methyl sites for hydroxylation is 1. The number of ether oxygens (including phenoxy) is 1. The maximum absolute atomic E-state index is 13.0. The van der Waals surface area contributed by atoms with Gasteiger partial charge in [-0.3, -0.25) is 14.5 Å². The second kappa shape index (κ2) is 7.75. The highest BCUT2D eigenvalue weighted by atomic mass is 79.9. The number of esters is 1. The summed E-state index contributed by atoms with van der Waals surface area (Å²) in [6, 6.07) is 2.92. The monoisotopic (exact) mass is 481 g/mol. The molecule has 1 aliphatic rings. The number of halogens is 1. The van der Waals surface area contributed by atoms with Gasteiger partial charge in [-0.05, 0) is 61.3 Å². The Morgan fingerprint density at radius 2 is 1.97 bits per heavy atom. The molecule has 3 heterocycles. The van der Waals surface area contributed by atoms with Crippen molar-refractivity contribution < 1.29 is 23.9 Å². The van der Waals surface area contributed by atoms with E-state index in [9.17, 15) is 19.2 Å². The van der Waals surface area contributed by atoms with Crippen LogP contribution < -0.4 is 5.32 Å². The number of urea groups is 1. The molecular weight excluding hydrogens is 462 g/mol. The molecule has 8 nitrogen and oxygen atoms in total. The van der Waals surface area contributed by atoms with Gasteiger partial charge in [0.05, 0.1) is 16.9 Å². The van der Waals surface area contributed by atoms with E-state index in [0.29, 0.717) is 16.1 Å². The largest absolute Gasteiger partial charge is 0.461 e. The Morgan fingerprint density at radius 1 is 1.28 bits per heavy atom. The molecule has 1 atom stereocenters. The molecule has 0 spiro atoms. The SMILES string of the molecule is CCOC(=O)c1[nH]c(C)c(C(=O)CN2C(=O)NC(C)(c3ccc(Br)s3)C2=O)c1C. The highest BCUT2D eigenvalue weighted by Gasteiger charge is 2.50. The highest BCUT2D eigenvalue weighted by Crippen LogP contribution is 2.35. The summed E-state index contributed by atoms with van der Waals surface area (Å²) in [5.74, 6) is -1.49. The van der Waals surface area contributed by atoms with Gasteiger partial charge < -0.3 is 15.0 Å². The average molecular weight is 482 g/mol. The molecule has 2 N–H and O–H groups in total. The third kappa shape index (κ3) is 3.62. The molecule has 154 valence electrons. The molecule has 0 radical (unpaired) electrons. The molecule has 2 aromatic heterocycles. The lowest BCUT2D eigenvalue weighted by molar-refractivity contribution is -0.130. The van der Waals surface area contributed by atoms with Crippen molar-refractivity contribution in [3.63, 3.8) is 0 Å². The number of amides is 3. The van der Waals surface area contributed by atoms with E-state index >= 15 is 0 Å². The normalized spacial score (nSPS) is 18.9. The van der Waals surface area contributed by atoms with Gasteiger partial charge in [0.1, 0.15) is 5.69 Å². The molecule has 0 aromatic carbocycles. The fourth-order valence-electron chi connectivity index (χ4n) is 3.39. The molecule has 2 aromatic rings. The van der Waals surface area contributed by atoms with E-state index in [-0.39, 0.29) is 17.9 Å². The summed E-state index contributed by atoms with van der Waals surface area (Å²) in [6.45, 7) is 6.37. The Hall–Kier alpha value is -2.46. The lowest BCUT2D eigenvalue weighted by Gasteiger charge is -2.20. The summed E-state index contributed by atoms with van der Waals surface area (Å²) in [7, 11) is 0. The zero-order chi connectivity index (χ0) is 21.5. The van der Waals surface area contributed by atoms with Gasteiger partial charge in [0.25, 0.3) is 5.91 Å². The van der Waals surface area contributed by atoms with Crippen LogP contribution >= 0.6 is 27.3 Å². The summed E-state index contributed by atoms with van der Waals surface area (Å²) < 4.78 is 5.82. The van der Waals surface area contributed by atoms with E-state index in [1.165, 1.54) is 11.3 Å². The fourth-order valence-corrected chi connectivity index (χ4v) is 4.87. The van der Waals surface area contributed by atoms with Crippen molar-refractivity contribution in [1.29, 1.82) is 0 Å². The Balaban J connectivity index is 1.85. The van der Waals surface area contributed by atoms with Crippen LogP contribution in [0.5, 0.6) is 0 Å². The number of thiophene rings is 1. The number of aromatic nitrogens is 1. The van der Waals surface area contributed by atoms with Gasteiger partial charge >= 0.3 is 12.0 Å². The number of ketones is 1. The van der Waals surface area contributed by atoms with Crippen molar-refractivity contribution in [1.82, 2.24) is 15.2 Å². The van der Waals surface area contributed by atoms with Crippen LogP contribution in [0.25, 0.3) is 0 Å². The number of nitrogens with zero attached hydrogens (tertiary/aromatic N) is 1. The predicted octanol–water partition coefficient (Wildman–Crippen LogP) is 3.28. The maximum Gasteiger partial charge on any atom is 0.355 e. The first-order valence-corrected chi connectivity index (χ1v) is 10.5. The number of carbonyl (C=O) groups excluding carboxylic acids is 4. The molecule has 1 unspecified atom stereocenters. The van der Waals surface area contributed by atoms with Crippen molar-refractivity contribution in [3.8, 4) is 0 Å². The maximum atomic E-state index is 13.0. The van der Waals surface area contributed by atoms with E-state index in [0.717, 1.165) is 8.69 Å². The van der Waals surface area contributed by atoms with E-state index in [1.54, 1.807) is 39.8 Å².